The third kappa shape index (κ3) is 30.3. The molecule has 1 aliphatic heterocycles. The van der Waals surface area contributed by atoms with Crippen LogP contribution in [0.1, 0.15) is 262 Å². The Hall–Kier alpha value is -5.74. The first-order chi connectivity index (χ1) is 42.1. The molecule has 0 N–H and O–H groups in total. The van der Waals surface area contributed by atoms with Gasteiger partial charge in [-0.3, -0.25) is 14.4 Å². The first-order valence-electron chi connectivity index (χ1n) is 33.9. The van der Waals surface area contributed by atoms with Crippen LogP contribution in [0.15, 0.2) is 127 Å². The molecule has 1 amide bonds. The topological polar surface area (TPSA) is 118 Å². The van der Waals surface area contributed by atoms with E-state index in [2.05, 4.69) is 62.5 Å². The number of likely N-dealkylation sites (tertiary alicyclic amines) is 1. The van der Waals surface area contributed by atoms with Crippen molar-refractivity contribution in [1.29, 1.82) is 0 Å². The van der Waals surface area contributed by atoms with Crippen LogP contribution in [0.4, 0.5) is 0 Å². The number of Topliss-reactive ketones (excluding diaryl/α,β-unsaturated/α-hetero) is 1. The molecule has 0 radical (unpaired) electrons. The van der Waals surface area contributed by atoms with Gasteiger partial charge in [-0.25, -0.2) is 0 Å². The highest BCUT2D eigenvalue weighted by Crippen LogP contribution is 2.42. The van der Waals surface area contributed by atoms with Gasteiger partial charge in [-0.2, -0.15) is 0 Å². The van der Waals surface area contributed by atoms with E-state index in [0.717, 1.165) is 80.9 Å². The fraction of sp³-hybridized carbons (Fsp3) is 0.605. The van der Waals surface area contributed by atoms with Gasteiger partial charge in [0, 0.05) is 25.7 Å². The Labute approximate surface area is 521 Å². The van der Waals surface area contributed by atoms with Crippen molar-refractivity contribution >= 4 is 23.6 Å². The zero-order chi connectivity index (χ0) is 61.6. The Morgan fingerprint density at radius 1 is 0.500 bits per heavy atom. The van der Waals surface area contributed by atoms with Gasteiger partial charge >= 0.3 is 11.9 Å². The summed E-state index contributed by atoms with van der Waals surface area (Å²) < 4.78 is 30.6. The number of methoxy groups -OCH3 is 2. The van der Waals surface area contributed by atoms with E-state index in [1.807, 2.05) is 83.8 Å². The van der Waals surface area contributed by atoms with Crippen molar-refractivity contribution in [2.75, 3.05) is 27.4 Å². The summed E-state index contributed by atoms with van der Waals surface area (Å²) in [5.74, 6) is 0.753. The lowest BCUT2D eigenvalue weighted by Crippen LogP contribution is -2.42. The standard InChI is InChI=1S/C76H113NO9/c1-6-8-10-12-14-16-18-20-22-24-26-28-30-32-34-41-47-71(48-42-35-33-31-29-27-25-23-21-19-17-15-13-11-9-7-2)85-74(80)50-44-37-36-43-49-73(79)77-62-72(86-75(81)60-51-64(3)78)61-68(77)63-84-76(65-45-39-38-40-46-65,66-52-56-69(82-4)57-53-66)67-54-58-70(83-5)59-55-67/h14-17,20-23,38-40,45-46,52-59,68,71-72H,6-13,18-19,24-37,41-44,47-51,60-63H2,1-5H3/b16-14-,17-15-,22-20-,23-21-/t68-,72+/m0/s1. The molecule has 86 heavy (non-hydrogen) atoms. The molecular weight excluding hydrogens is 1070 g/mol. The molecule has 0 aliphatic carbocycles. The monoisotopic (exact) mass is 1180 g/mol. The first-order valence-corrected chi connectivity index (χ1v) is 33.9. The Kier molecular flexibility index (Phi) is 39.3. The molecule has 0 bridgehead atoms. The predicted octanol–water partition coefficient (Wildman–Crippen LogP) is 19.6. The van der Waals surface area contributed by atoms with Crippen molar-refractivity contribution in [2.45, 2.75) is 269 Å². The van der Waals surface area contributed by atoms with E-state index in [-0.39, 0.29) is 49.8 Å². The molecule has 0 aromatic heterocycles. The summed E-state index contributed by atoms with van der Waals surface area (Å²) in [7, 11) is 3.28. The quantitative estimate of drug-likeness (QED) is 0.0236. The van der Waals surface area contributed by atoms with Gasteiger partial charge in [-0.15, -0.1) is 0 Å². The maximum Gasteiger partial charge on any atom is 0.306 e. The average molecular weight is 1180 g/mol. The van der Waals surface area contributed by atoms with Crippen molar-refractivity contribution in [3.05, 3.63) is 144 Å². The summed E-state index contributed by atoms with van der Waals surface area (Å²) in [5, 5.41) is 0. The molecule has 0 saturated carbocycles. The fourth-order valence-corrected chi connectivity index (χ4v) is 11.5. The number of benzene rings is 3. The molecule has 1 fully saturated rings. The van der Waals surface area contributed by atoms with E-state index in [0.29, 0.717) is 43.6 Å². The van der Waals surface area contributed by atoms with Crippen LogP contribution in [0.3, 0.4) is 0 Å². The molecule has 10 heteroatoms. The molecule has 0 unspecified atom stereocenters. The number of allylic oxidation sites excluding steroid dienone is 8. The predicted molar refractivity (Wildman–Crippen MR) is 354 cm³/mol. The summed E-state index contributed by atoms with van der Waals surface area (Å²) in [6, 6.07) is 25.3. The number of carbonyl (C=O) groups is 4. The fourth-order valence-electron chi connectivity index (χ4n) is 11.5. The minimum absolute atomic E-state index is 0.00522. The van der Waals surface area contributed by atoms with Gasteiger partial charge in [0.2, 0.25) is 5.91 Å². The number of rotatable bonds is 50. The van der Waals surface area contributed by atoms with Crippen LogP contribution in [-0.4, -0.2) is 74.1 Å². The summed E-state index contributed by atoms with van der Waals surface area (Å²) in [5.41, 5.74) is 1.54. The number of nitrogens with zero attached hydrogens (tertiary/aromatic N) is 1. The zero-order valence-corrected chi connectivity index (χ0v) is 54.1. The first kappa shape index (κ1) is 72.7. The number of carbonyl (C=O) groups excluding carboxylic acids is 4. The number of unbranched alkanes of at least 4 members (excludes halogenated alkanes) is 21. The third-order valence-electron chi connectivity index (χ3n) is 16.6. The minimum atomic E-state index is -1.10. The zero-order valence-electron chi connectivity index (χ0n) is 54.1. The van der Waals surface area contributed by atoms with Crippen LogP contribution in [-0.2, 0) is 39.0 Å². The van der Waals surface area contributed by atoms with Gasteiger partial charge in [0.25, 0.3) is 0 Å². The van der Waals surface area contributed by atoms with Gasteiger partial charge in [0.15, 0.2) is 0 Å². The second-order valence-electron chi connectivity index (χ2n) is 23.8. The second kappa shape index (κ2) is 46.4. The van der Waals surface area contributed by atoms with Crippen LogP contribution in [0, 0.1) is 0 Å². The van der Waals surface area contributed by atoms with Gasteiger partial charge in [0.1, 0.15) is 35.1 Å². The molecule has 1 heterocycles. The smallest absolute Gasteiger partial charge is 0.306 e. The molecule has 3 aromatic carbocycles. The number of hydrogen-bond donors (Lipinski definition) is 0. The van der Waals surface area contributed by atoms with Crippen molar-refractivity contribution in [3.63, 3.8) is 0 Å². The van der Waals surface area contributed by atoms with Crippen LogP contribution in [0.2, 0.25) is 0 Å². The lowest BCUT2D eigenvalue weighted by atomic mass is 9.80. The Morgan fingerprint density at radius 2 is 0.942 bits per heavy atom. The van der Waals surface area contributed by atoms with Crippen molar-refractivity contribution in [1.82, 2.24) is 4.90 Å². The van der Waals surface area contributed by atoms with Crippen molar-refractivity contribution < 1.29 is 42.9 Å². The highest BCUT2D eigenvalue weighted by Gasteiger charge is 2.42. The number of esters is 2. The largest absolute Gasteiger partial charge is 0.497 e. The van der Waals surface area contributed by atoms with Crippen molar-refractivity contribution in [2.24, 2.45) is 0 Å². The molecule has 0 spiro atoms. The Bertz CT molecular complexity index is 2280. The SMILES string of the molecule is CCCCC/C=C\C/C=C\CCCCCCCCC(CCCCCCCC/C=C\C/C=C\CCCCC)OC(=O)CCCCCCC(=O)N1C[C@H](OC(=O)CCC(C)=O)C[C@H]1COC(c1ccccc1)(c1ccc(OC)cc1)c1ccc(OC)cc1. The number of hydrogen-bond acceptors (Lipinski definition) is 9. The summed E-state index contributed by atoms with van der Waals surface area (Å²) in [6.45, 7) is 6.35. The normalized spacial score (nSPS) is 14.6. The van der Waals surface area contributed by atoms with Gasteiger partial charge in [0.05, 0.1) is 39.8 Å². The summed E-state index contributed by atoms with van der Waals surface area (Å²) in [6.07, 6.45) is 53.1. The molecule has 10 nitrogen and oxygen atoms in total. The van der Waals surface area contributed by atoms with Gasteiger partial charge < -0.3 is 33.4 Å². The van der Waals surface area contributed by atoms with Crippen LogP contribution < -0.4 is 9.47 Å². The van der Waals surface area contributed by atoms with E-state index in [1.165, 1.54) is 122 Å². The average Bonchev–Trinajstić information content (AvgIpc) is 2.69. The highest BCUT2D eigenvalue weighted by atomic mass is 16.5. The maximum atomic E-state index is 14.3. The Morgan fingerprint density at radius 3 is 1.42 bits per heavy atom. The van der Waals surface area contributed by atoms with E-state index in [9.17, 15) is 19.2 Å². The number of amides is 1. The molecule has 4 rings (SSSR count). The molecular formula is C76H113NO9. The lowest BCUT2D eigenvalue weighted by Gasteiger charge is -2.38. The van der Waals surface area contributed by atoms with E-state index in [1.54, 1.807) is 14.2 Å². The van der Waals surface area contributed by atoms with E-state index in [4.69, 9.17) is 23.7 Å². The summed E-state index contributed by atoms with van der Waals surface area (Å²) >= 11 is 0. The number of ketones is 1. The number of ether oxygens (including phenoxy) is 5. The molecule has 476 valence electrons. The third-order valence-corrected chi connectivity index (χ3v) is 16.6. The van der Waals surface area contributed by atoms with Crippen LogP contribution in [0.5, 0.6) is 11.5 Å². The van der Waals surface area contributed by atoms with Gasteiger partial charge in [-0.1, -0.05) is 207 Å². The highest BCUT2D eigenvalue weighted by molar-refractivity contribution is 5.81. The molecule has 1 aliphatic rings. The van der Waals surface area contributed by atoms with Crippen molar-refractivity contribution in [3.8, 4) is 11.5 Å². The molecule has 1 saturated heterocycles. The van der Waals surface area contributed by atoms with Gasteiger partial charge in [-0.05, 0) is 151 Å². The minimum Gasteiger partial charge on any atom is -0.497 e. The Balaban J connectivity index is 1.29. The van der Waals surface area contributed by atoms with Crippen LogP contribution in [0.25, 0.3) is 0 Å². The molecule has 3 aromatic rings. The van der Waals surface area contributed by atoms with E-state index >= 15 is 0 Å². The summed E-state index contributed by atoms with van der Waals surface area (Å²) in [4.78, 5) is 54.3. The van der Waals surface area contributed by atoms with E-state index < -0.39 is 23.7 Å². The maximum absolute atomic E-state index is 14.3. The molecule has 2 atom stereocenters. The van der Waals surface area contributed by atoms with Crippen LogP contribution >= 0.6 is 0 Å². The second-order valence-corrected chi connectivity index (χ2v) is 23.8. The lowest BCUT2D eigenvalue weighted by molar-refractivity contribution is -0.150.